The van der Waals surface area contributed by atoms with Crippen molar-refractivity contribution in [1.82, 2.24) is 15.5 Å². The minimum absolute atomic E-state index is 0. The third kappa shape index (κ3) is 5.22. The maximum atomic E-state index is 13.3. The predicted molar refractivity (Wildman–Crippen MR) is 123 cm³/mol. The van der Waals surface area contributed by atoms with Gasteiger partial charge in [-0.05, 0) is 43.0 Å². The average molecular weight is 460 g/mol. The second-order valence-electron chi connectivity index (χ2n) is 8.38. The number of fused-ring (bicyclic) bond motifs is 1. The van der Waals surface area contributed by atoms with E-state index in [1.807, 2.05) is 12.1 Å². The van der Waals surface area contributed by atoms with Crippen molar-refractivity contribution in [3.05, 3.63) is 29.8 Å². The molecule has 4 rings (SSSR count). The minimum atomic E-state index is -0.201. The molecular weight excluding hydrogens is 425 g/mol. The lowest BCUT2D eigenvalue weighted by molar-refractivity contribution is -0.134. The van der Waals surface area contributed by atoms with Gasteiger partial charge in [-0.1, -0.05) is 25.0 Å². The molecule has 3 fully saturated rings. The van der Waals surface area contributed by atoms with Crippen molar-refractivity contribution >= 4 is 30.7 Å². The van der Waals surface area contributed by atoms with Crippen molar-refractivity contribution in [2.45, 2.75) is 31.7 Å². The summed E-state index contributed by atoms with van der Waals surface area (Å²) < 4.78 is 10.8. The van der Waals surface area contributed by atoms with Crippen molar-refractivity contribution in [2.24, 2.45) is 11.3 Å². The maximum absolute atomic E-state index is 13.3. The van der Waals surface area contributed by atoms with Gasteiger partial charge in [-0.25, -0.2) is 0 Å². The summed E-state index contributed by atoms with van der Waals surface area (Å²) in [6.45, 7) is 5.73. The Kier molecular flexibility index (Phi) is 9.69. The average Bonchev–Trinajstić information content (AvgIpc) is 3.20. The predicted octanol–water partition coefficient (Wildman–Crippen LogP) is 2.81. The van der Waals surface area contributed by atoms with Crippen molar-refractivity contribution in [3.63, 3.8) is 0 Å². The summed E-state index contributed by atoms with van der Waals surface area (Å²) in [5.74, 6) is 1.59. The van der Waals surface area contributed by atoms with Crippen LogP contribution in [0.15, 0.2) is 24.3 Å². The number of carbonyl (C=O) groups excluding carboxylic acids is 1. The number of halogens is 2. The van der Waals surface area contributed by atoms with E-state index < -0.39 is 0 Å². The fourth-order valence-electron chi connectivity index (χ4n) is 5.23. The third-order valence-corrected chi connectivity index (χ3v) is 6.93. The Morgan fingerprint density at radius 1 is 1.27 bits per heavy atom. The number of amides is 1. The molecule has 2 aliphatic heterocycles. The van der Waals surface area contributed by atoms with Crippen LogP contribution in [-0.4, -0.2) is 63.9 Å². The van der Waals surface area contributed by atoms with Gasteiger partial charge in [0.05, 0.1) is 31.8 Å². The molecule has 0 spiro atoms. The number of methoxy groups -OCH3 is 1. The number of hydrogen-bond acceptors (Lipinski definition) is 5. The van der Waals surface area contributed by atoms with Crippen LogP contribution in [0.2, 0.25) is 0 Å². The number of nitrogens with zero attached hydrogens (tertiary/aromatic N) is 1. The van der Waals surface area contributed by atoms with Crippen LogP contribution in [0.3, 0.4) is 0 Å². The molecule has 0 bridgehead atoms. The fourth-order valence-corrected chi connectivity index (χ4v) is 5.23. The molecule has 6 nitrogen and oxygen atoms in total. The molecule has 1 saturated carbocycles. The second-order valence-corrected chi connectivity index (χ2v) is 8.38. The van der Waals surface area contributed by atoms with E-state index in [-0.39, 0.29) is 42.2 Å². The van der Waals surface area contributed by atoms with Gasteiger partial charge < -0.3 is 20.1 Å². The number of nitrogens with one attached hydrogen (secondary N) is 2. The van der Waals surface area contributed by atoms with E-state index >= 15 is 0 Å². The summed E-state index contributed by atoms with van der Waals surface area (Å²) in [5, 5.41) is 6.83. The molecule has 1 amide bonds. The molecule has 170 valence electrons. The zero-order valence-electron chi connectivity index (χ0n) is 17.7. The highest BCUT2D eigenvalue weighted by Gasteiger charge is 2.49. The van der Waals surface area contributed by atoms with Gasteiger partial charge in [0.25, 0.3) is 0 Å². The molecule has 1 unspecified atom stereocenters. The van der Waals surface area contributed by atoms with Crippen LogP contribution in [0.4, 0.5) is 0 Å². The first-order chi connectivity index (χ1) is 13.7. The lowest BCUT2D eigenvalue weighted by atomic mass is 9.67. The number of hydrogen-bond donors (Lipinski definition) is 2. The van der Waals surface area contributed by atoms with Gasteiger partial charge in [-0.2, -0.15) is 0 Å². The molecule has 30 heavy (non-hydrogen) atoms. The Morgan fingerprint density at radius 2 is 2.00 bits per heavy atom. The first-order valence-electron chi connectivity index (χ1n) is 10.7. The van der Waals surface area contributed by atoms with Crippen LogP contribution in [0.1, 0.15) is 37.3 Å². The third-order valence-electron chi connectivity index (χ3n) is 6.93. The van der Waals surface area contributed by atoms with Gasteiger partial charge in [-0.15, -0.1) is 24.8 Å². The topological polar surface area (TPSA) is 62.8 Å². The van der Waals surface area contributed by atoms with Gasteiger partial charge >= 0.3 is 0 Å². The zero-order valence-corrected chi connectivity index (χ0v) is 19.4. The van der Waals surface area contributed by atoms with E-state index in [4.69, 9.17) is 9.47 Å². The fraction of sp³-hybridized carbons (Fsp3) is 0.682. The molecule has 3 atom stereocenters. The van der Waals surface area contributed by atoms with E-state index in [1.54, 1.807) is 7.11 Å². The molecule has 2 saturated heterocycles. The maximum Gasteiger partial charge on any atom is 0.227 e. The van der Waals surface area contributed by atoms with Gasteiger partial charge in [0, 0.05) is 26.2 Å². The summed E-state index contributed by atoms with van der Waals surface area (Å²) in [7, 11) is 1.68. The molecule has 1 aliphatic carbocycles. The monoisotopic (exact) mass is 459 g/mol. The van der Waals surface area contributed by atoms with Gasteiger partial charge in [0.1, 0.15) is 5.75 Å². The minimum Gasteiger partial charge on any atom is -0.497 e. The Hall–Kier alpha value is -1.05. The van der Waals surface area contributed by atoms with Crippen molar-refractivity contribution < 1.29 is 14.3 Å². The SMILES string of the molecule is COc1ccc(C(CNC(=O)[C@@]23CCCC[C@H]2CNC3)N2CCOCC2)cc1.Cl.Cl. The van der Waals surface area contributed by atoms with Crippen LogP contribution in [-0.2, 0) is 9.53 Å². The highest BCUT2D eigenvalue weighted by Crippen LogP contribution is 2.44. The highest BCUT2D eigenvalue weighted by atomic mass is 35.5. The van der Waals surface area contributed by atoms with Crippen LogP contribution >= 0.6 is 24.8 Å². The zero-order chi connectivity index (χ0) is 19.4. The Balaban J connectivity index is 0.00000160. The summed E-state index contributed by atoms with van der Waals surface area (Å²) in [6, 6.07) is 8.39. The van der Waals surface area contributed by atoms with Crippen molar-refractivity contribution in [1.29, 1.82) is 0 Å². The lowest BCUT2D eigenvalue weighted by Crippen LogP contribution is -2.50. The Bertz CT molecular complexity index is 670. The van der Waals surface area contributed by atoms with Crippen LogP contribution < -0.4 is 15.4 Å². The molecule has 0 radical (unpaired) electrons. The molecule has 2 heterocycles. The molecule has 8 heteroatoms. The number of rotatable bonds is 6. The Morgan fingerprint density at radius 3 is 2.70 bits per heavy atom. The van der Waals surface area contributed by atoms with Gasteiger partial charge in [0.2, 0.25) is 5.91 Å². The van der Waals surface area contributed by atoms with E-state index in [1.165, 1.54) is 18.4 Å². The van der Waals surface area contributed by atoms with Gasteiger partial charge in [-0.3, -0.25) is 9.69 Å². The smallest absolute Gasteiger partial charge is 0.227 e. The summed E-state index contributed by atoms with van der Waals surface area (Å²) >= 11 is 0. The van der Waals surface area contributed by atoms with E-state index in [2.05, 4.69) is 27.7 Å². The quantitative estimate of drug-likeness (QED) is 0.684. The largest absolute Gasteiger partial charge is 0.497 e. The van der Waals surface area contributed by atoms with E-state index in [0.717, 1.165) is 58.0 Å². The molecule has 2 N–H and O–H groups in total. The van der Waals surface area contributed by atoms with Crippen LogP contribution in [0.25, 0.3) is 0 Å². The molecular formula is C22H35Cl2N3O3. The number of morpholine rings is 1. The number of carbonyl (C=O) groups is 1. The standard InChI is InChI=1S/C22H33N3O3.2ClH/c1-27-19-7-5-17(6-8-19)20(25-10-12-28-13-11-25)15-24-21(26)22-9-3-2-4-18(22)14-23-16-22;;/h5-8,18,20,23H,2-4,9-16H2,1H3,(H,24,26);2*1H/t18-,20?,22+;;/m0../s1. The first-order valence-corrected chi connectivity index (χ1v) is 10.7. The van der Waals surface area contributed by atoms with Gasteiger partial charge in [0.15, 0.2) is 0 Å². The normalized spacial score (nSPS) is 27.2. The first kappa shape index (κ1) is 25.2. The van der Waals surface area contributed by atoms with Crippen LogP contribution in [0.5, 0.6) is 5.75 Å². The number of benzene rings is 1. The lowest BCUT2D eigenvalue weighted by Gasteiger charge is -2.39. The molecule has 1 aromatic rings. The van der Waals surface area contributed by atoms with E-state index in [9.17, 15) is 4.79 Å². The summed E-state index contributed by atoms with van der Waals surface area (Å²) in [6.07, 6.45) is 4.60. The van der Waals surface area contributed by atoms with E-state index in [0.29, 0.717) is 12.5 Å². The second kappa shape index (κ2) is 11.5. The highest BCUT2D eigenvalue weighted by molar-refractivity contribution is 5.85. The molecule has 1 aromatic carbocycles. The molecule has 3 aliphatic rings. The van der Waals surface area contributed by atoms with Crippen molar-refractivity contribution in [2.75, 3.05) is 53.0 Å². The molecule has 0 aromatic heterocycles. The Labute approximate surface area is 192 Å². The van der Waals surface area contributed by atoms with Crippen molar-refractivity contribution in [3.8, 4) is 5.75 Å². The summed E-state index contributed by atoms with van der Waals surface area (Å²) in [5.41, 5.74) is 1.01. The number of ether oxygens (including phenoxy) is 2. The van der Waals surface area contributed by atoms with Crippen LogP contribution in [0, 0.1) is 11.3 Å². The summed E-state index contributed by atoms with van der Waals surface area (Å²) in [4.78, 5) is 15.7.